The van der Waals surface area contributed by atoms with Crippen LogP contribution >= 0.6 is 0 Å². The van der Waals surface area contributed by atoms with Crippen molar-refractivity contribution in [2.75, 3.05) is 12.3 Å². The molecule has 0 radical (unpaired) electrons. The fraction of sp³-hybridized carbons (Fsp3) is 0.750. The van der Waals surface area contributed by atoms with E-state index in [1.165, 1.54) is 0 Å². The Hall–Kier alpha value is -0.920. The summed E-state index contributed by atoms with van der Waals surface area (Å²) in [7, 11) is -3.25. The molecule has 0 amide bonds. The molecule has 0 spiro atoms. The van der Waals surface area contributed by atoms with Crippen molar-refractivity contribution in [2.45, 2.75) is 46.7 Å². The predicted octanol–water partition coefficient (Wildman–Crippen LogP) is 1.10. The first-order valence-electron chi connectivity index (χ1n) is 6.44. The molecule has 0 aliphatic rings. The van der Waals surface area contributed by atoms with Gasteiger partial charge in [0, 0.05) is 18.2 Å². The van der Waals surface area contributed by atoms with E-state index < -0.39 is 10.0 Å². The van der Waals surface area contributed by atoms with Crippen LogP contribution in [-0.2, 0) is 16.6 Å². The van der Waals surface area contributed by atoms with Gasteiger partial charge in [-0.15, -0.1) is 0 Å². The molecular weight excluding hydrogens is 266 g/mol. The summed E-state index contributed by atoms with van der Waals surface area (Å²) < 4.78 is 31.2. The Bertz CT molecular complexity index is 475. The first-order valence-corrected chi connectivity index (χ1v) is 8.09. The van der Waals surface area contributed by atoms with Gasteiger partial charge in [-0.1, -0.05) is 19.0 Å². The van der Waals surface area contributed by atoms with Crippen molar-refractivity contribution in [2.24, 2.45) is 0 Å². The monoisotopic (exact) mass is 289 g/mol. The van der Waals surface area contributed by atoms with Crippen molar-refractivity contribution in [3.8, 4) is 0 Å². The van der Waals surface area contributed by atoms with Gasteiger partial charge in [0.15, 0.2) is 0 Å². The largest absolute Gasteiger partial charge is 0.361 e. The molecule has 6 nitrogen and oxygen atoms in total. The lowest BCUT2D eigenvalue weighted by Gasteiger charge is -2.09. The van der Waals surface area contributed by atoms with Crippen LogP contribution in [0.2, 0.25) is 0 Å². The molecule has 0 aliphatic heterocycles. The summed E-state index contributed by atoms with van der Waals surface area (Å²) in [5.74, 6) is 0.775. The molecule has 0 atom stereocenters. The third kappa shape index (κ3) is 5.71. The number of hydrogen-bond acceptors (Lipinski definition) is 5. The number of hydrogen-bond donors (Lipinski definition) is 2. The molecule has 7 heteroatoms. The third-order valence-electron chi connectivity index (χ3n) is 2.79. The van der Waals surface area contributed by atoms with Crippen molar-refractivity contribution in [3.63, 3.8) is 0 Å². The molecule has 0 fully saturated rings. The van der Waals surface area contributed by atoms with Crippen LogP contribution in [0.15, 0.2) is 4.52 Å². The Morgan fingerprint density at radius 3 is 2.53 bits per heavy atom. The fourth-order valence-electron chi connectivity index (χ4n) is 1.66. The second-order valence-corrected chi connectivity index (χ2v) is 6.83. The number of aromatic nitrogens is 1. The second-order valence-electron chi connectivity index (χ2n) is 4.91. The molecule has 1 aromatic heterocycles. The van der Waals surface area contributed by atoms with Gasteiger partial charge in [-0.2, -0.15) is 0 Å². The molecule has 110 valence electrons. The van der Waals surface area contributed by atoms with Crippen molar-refractivity contribution < 1.29 is 12.9 Å². The molecule has 0 saturated heterocycles. The maximum atomic E-state index is 11.8. The molecule has 0 aromatic carbocycles. The summed E-state index contributed by atoms with van der Waals surface area (Å²) in [5, 5.41) is 6.98. The molecule has 1 heterocycles. The molecule has 19 heavy (non-hydrogen) atoms. The molecular formula is C12H23N3O3S. The predicted molar refractivity (Wildman–Crippen MR) is 74.4 cm³/mol. The summed E-state index contributed by atoms with van der Waals surface area (Å²) in [6.07, 6.45) is 0.592. The van der Waals surface area contributed by atoms with E-state index in [-0.39, 0.29) is 12.3 Å². The van der Waals surface area contributed by atoms with Gasteiger partial charge >= 0.3 is 0 Å². The van der Waals surface area contributed by atoms with E-state index in [1.807, 2.05) is 13.8 Å². The minimum absolute atomic E-state index is 0.121. The maximum Gasteiger partial charge on any atom is 0.211 e. The zero-order chi connectivity index (χ0) is 14.5. The zero-order valence-electron chi connectivity index (χ0n) is 12.0. The van der Waals surface area contributed by atoms with Crippen molar-refractivity contribution in [1.29, 1.82) is 0 Å². The van der Waals surface area contributed by atoms with Crippen LogP contribution in [0.1, 0.15) is 37.3 Å². The quantitative estimate of drug-likeness (QED) is 0.700. The average molecular weight is 289 g/mol. The minimum atomic E-state index is -3.25. The van der Waals surface area contributed by atoms with E-state index in [4.69, 9.17) is 4.52 Å². The standard InChI is InChI=1S/C12H23N3O3S/c1-9(2)13-6-5-7-19(16,17)14-8-12-10(3)15-18-11(12)4/h9,13-14H,5-8H2,1-4H3. The van der Waals surface area contributed by atoms with E-state index >= 15 is 0 Å². The van der Waals surface area contributed by atoms with Crippen LogP contribution in [-0.4, -0.2) is 31.9 Å². The lowest BCUT2D eigenvalue weighted by molar-refractivity contribution is 0.392. The lowest BCUT2D eigenvalue weighted by atomic mass is 10.2. The van der Waals surface area contributed by atoms with Gasteiger partial charge in [-0.25, -0.2) is 13.1 Å². The highest BCUT2D eigenvalue weighted by atomic mass is 32.2. The molecule has 0 aliphatic carbocycles. The van der Waals surface area contributed by atoms with Gasteiger partial charge in [0.05, 0.1) is 11.4 Å². The van der Waals surface area contributed by atoms with Gasteiger partial charge in [-0.05, 0) is 26.8 Å². The first kappa shape index (κ1) is 16.1. The number of nitrogens with one attached hydrogen (secondary N) is 2. The Kier molecular flexibility index (Phi) is 5.96. The van der Waals surface area contributed by atoms with Gasteiger partial charge in [0.1, 0.15) is 5.76 Å². The summed E-state index contributed by atoms with van der Waals surface area (Å²) in [6.45, 7) is 8.57. The highest BCUT2D eigenvalue weighted by Gasteiger charge is 2.14. The summed E-state index contributed by atoms with van der Waals surface area (Å²) in [5.41, 5.74) is 1.53. The summed E-state index contributed by atoms with van der Waals surface area (Å²) in [4.78, 5) is 0. The fourth-order valence-corrected chi connectivity index (χ4v) is 2.69. The Balaban J connectivity index is 2.39. The van der Waals surface area contributed by atoms with Crippen LogP contribution < -0.4 is 10.0 Å². The summed E-state index contributed by atoms with van der Waals surface area (Å²) >= 11 is 0. The maximum absolute atomic E-state index is 11.8. The molecule has 0 unspecified atom stereocenters. The number of rotatable bonds is 8. The van der Waals surface area contributed by atoms with Gasteiger partial charge in [0.25, 0.3) is 0 Å². The smallest absolute Gasteiger partial charge is 0.211 e. The third-order valence-corrected chi connectivity index (χ3v) is 4.20. The normalized spacial score (nSPS) is 12.3. The molecule has 1 aromatic rings. The molecule has 0 saturated carbocycles. The van der Waals surface area contributed by atoms with E-state index in [0.717, 1.165) is 11.3 Å². The Labute approximate surface area is 115 Å². The van der Waals surface area contributed by atoms with Crippen LogP contribution in [0.5, 0.6) is 0 Å². The van der Waals surface area contributed by atoms with Crippen LogP contribution in [0.25, 0.3) is 0 Å². The van der Waals surface area contributed by atoms with Gasteiger partial charge in [-0.3, -0.25) is 0 Å². The average Bonchev–Trinajstić information content (AvgIpc) is 2.62. The lowest BCUT2D eigenvalue weighted by Crippen LogP contribution is -2.30. The highest BCUT2D eigenvalue weighted by molar-refractivity contribution is 7.89. The van der Waals surface area contributed by atoms with Gasteiger partial charge in [0.2, 0.25) is 10.0 Å². The van der Waals surface area contributed by atoms with E-state index in [2.05, 4.69) is 15.2 Å². The molecule has 0 bridgehead atoms. The zero-order valence-corrected chi connectivity index (χ0v) is 12.8. The Morgan fingerprint density at radius 1 is 1.32 bits per heavy atom. The highest BCUT2D eigenvalue weighted by Crippen LogP contribution is 2.11. The van der Waals surface area contributed by atoms with Crippen molar-refractivity contribution in [1.82, 2.24) is 15.2 Å². The van der Waals surface area contributed by atoms with Crippen molar-refractivity contribution >= 4 is 10.0 Å². The molecule has 1 rings (SSSR count). The SMILES string of the molecule is Cc1noc(C)c1CNS(=O)(=O)CCCNC(C)C. The Morgan fingerprint density at radius 2 is 2.00 bits per heavy atom. The number of sulfonamides is 1. The topological polar surface area (TPSA) is 84.2 Å². The van der Waals surface area contributed by atoms with Crippen LogP contribution in [0.3, 0.4) is 0 Å². The van der Waals surface area contributed by atoms with E-state index in [1.54, 1.807) is 13.8 Å². The van der Waals surface area contributed by atoms with Crippen LogP contribution in [0.4, 0.5) is 0 Å². The first-order chi connectivity index (χ1) is 8.82. The van der Waals surface area contributed by atoms with Crippen molar-refractivity contribution in [3.05, 3.63) is 17.0 Å². The van der Waals surface area contributed by atoms with E-state index in [0.29, 0.717) is 24.8 Å². The van der Waals surface area contributed by atoms with Crippen LogP contribution in [0, 0.1) is 13.8 Å². The van der Waals surface area contributed by atoms with E-state index in [9.17, 15) is 8.42 Å². The molecule has 2 N–H and O–H groups in total. The van der Waals surface area contributed by atoms with Gasteiger partial charge < -0.3 is 9.84 Å². The minimum Gasteiger partial charge on any atom is -0.361 e. The number of nitrogens with zero attached hydrogens (tertiary/aromatic N) is 1. The summed E-state index contributed by atoms with van der Waals surface area (Å²) in [6, 6.07) is 0.373. The second kappa shape index (κ2) is 7.02. The number of aryl methyl sites for hydroxylation is 2.